The molecule has 0 aliphatic rings. The Morgan fingerprint density at radius 1 is 1.57 bits per heavy atom. The molecule has 14 heavy (non-hydrogen) atoms. The molecule has 3 heteroatoms. The van der Waals surface area contributed by atoms with Gasteiger partial charge in [0.05, 0.1) is 11.1 Å². The number of halogens is 1. The number of thiophene rings is 1. The molecule has 0 saturated heterocycles. The van der Waals surface area contributed by atoms with Gasteiger partial charge in [-0.2, -0.15) is 0 Å². The lowest BCUT2D eigenvalue weighted by atomic mass is 9.98. The molecule has 1 aromatic rings. The van der Waals surface area contributed by atoms with Crippen molar-refractivity contribution in [2.45, 2.75) is 39.2 Å². The monoisotopic (exact) mass is 232 g/mol. The van der Waals surface area contributed by atoms with E-state index in [1.807, 2.05) is 11.4 Å². The van der Waals surface area contributed by atoms with Crippen LogP contribution in [0.15, 0.2) is 11.4 Å². The van der Waals surface area contributed by atoms with Crippen molar-refractivity contribution in [1.29, 1.82) is 0 Å². The molecule has 0 saturated carbocycles. The highest BCUT2D eigenvalue weighted by molar-refractivity contribution is 7.10. The molecular formula is C11H17ClOS. The highest BCUT2D eigenvalue weighted by Crippen LogP contribution is 2.30. The topological polar surface area (TPSA) is 20.2 Å². The number of aliphatic hydroxyl groups is 1. The Bertz CT molecular complexity index is 272. The Balaban J connectivity index is 2.45. The molecule has 2 unspecified atom stereocenters. The summed E-state index contributed by atoms with van der Waals surface area (Å²) in [7, 11) is 0. The van der Waals surface area contributed by atoms with E-state index in [4.69, 9.17) is 11.6 Å². The number of aliphatic hydroxyl groups excluding tert-OH is 1. The Labute approximate surface area is 94.7 Å². The third kappa shape index (κ3) is 3.60. The van der Waals surface area contributed by atoms with Gasteiger partial charge in [-0.25, -0.2) is 0 Å². The average molecular weight is 233 g/mol. The molecule has 1 aromatic heterocycles. The molecule has 2 atom stereocenters. The lowest BCUT2D eigenvalue weighted by Gasteiger charge is -2.14. The van der Waals surface area contributed by atoms with E-state index < -0.39 is 0 Å². The molecule has 0 bridgehead atoms. The maximum absolute atomic E-state index is 9.88. The number of hydrogen-bond acceptors (Lipinski definition) is 2. The quantitative estimate of drug-likeness (QED) is 0.804. The van der Waals surface area contributed by atoms with Crippen molar-refractivity contribution in [3.8, 4) is 0 Å². The highest BCUT2D eigenvalue weighted by atomic mass is 35.5. The Morgan fingerprint density at radius 2 is 2.29 bits per heavy atom. The van der Waals surface area contributed by atoms with E-state index in [-0.39, 0.29) is 6.10 Å². The van der Waals surface area contributed by atoms with Crippen LogP contribution in [0.4, 0.5) is 0 Å². The summed E-state index contributed by atoms with van der Waals surface area (Å²) in [4.78, 5) is 0.984. The van der Waals surface area contributed by atoms with Crippen molar-refractivity contribution in [3.63, 3.8) is 0 Å². The third-order valence-corrected chi connectivity index (χ3v) is 3.70. The molecule has 0 aliphatic carbocycles. The van der Waals surface area contributed by atoms with Gasteiger partial charge in [0.25, 0.3) is 0 Å². The second kappa shape index (κ2) is 5.74. The van der Waals surface area contributed by atoms with E-state index in [1.165, 1.54) is 24.2 Å². The Hall–Kier alpha value is -0.0500. The van der Waals surface area contributed by atoms with Crippen LogP contribution in [-0.4, -0.2) is 5.11 Å². The second-order valence-corrected chi connectivity index (χ2v) is 5.19. The van der Waals surface area contributed by atoms with E-state index in [2.05, 4.69) is 13.8 Å². The van der Waals surface area contributed by atoms with E-state index in [0.29, 0.717) is 5.92 Å². The predicted octanol–water partition coefficient (Wildman–Crippen LogP) is 4.26. The van der Waals surface area contributed by atoms with Crippen LogP contribution in [-0.2, 0) is 0 Å². The highest BCUT2D eigenvalue weighted by Gasteiger charge is 2.13. The van der Waals surface area contributed by atoms with Gasteiger partial charge in [-0.1, -0.05) is 38.3 Å². The van der Waals surface area contributed by atoms with Gasteiger partial charge < -0.3 is 5.11 Å². The van der Waals surface area contributed by atoms with E-state index >= 15 is 0 Å². The molecule has 1 nitrogen and oxygen atoms in total. The molecule has 0 radical (unpaired) electrons. The summed E-state index contributed by atoms with van der Waals surface area (Å²) < 4.78 is 0. The lowest BCUT2D eigenvalue weighted by Crippen LogP contribution is -2.02. The van der Waals surface area contributed by atoms with Gasteiger partial charge in [-0.3, -0.25) is 0 Å². The summed E-state index contributed by atoms with van der Waals surface area (Å²) in [6.45, 7) is 4.35. The maximum atomic E-state index is 9.88. The molecular weight excluding hydrogens is 216 g/mol. The van der Waals surface area contributed by atoms with Crippen molar-refractivity contribution in [2.75, 3.05) is 0 Å². The minimum Gasteiger partial charge on any atom is -0.388 e. The van der Waals surface area contributed by atoms with Crippen molar-refractivity contribution in [1.82, 2.24) is 0 Å². The molecule has 0 aliphatic heterocycles. The van der Waals surface area contributed by atoms with Gasteiger partial charge in [0, 0.05) is 10.3 Å². The van der Waals surface area contributed by atoms with Crippen LogP contribution in [0.3, 0.4) is 0 Å². The molecule has 0 amide bonds. The van der Waals surface area contributed by atoms with E-state index in [9.17, 15) is 5.11 Å². The van der Waals surface area contributed by atoms with Crippen LogP contribution in [0.25, 0.3) is 0 Å². The van der Waals surface area contributed by atoms with E-state index in [0.717, 1.165) is 16.3 Å². The average Bonchev–Trinajstić information content (AvgIpc) is 2.52. The van der Waals surface area contributed by atoms with Crippen molar-refractivity contribution in [3.05, 3.63) is 21.3 Å². The Morgan fingerprint density at radius 3 is 2.79 bits per heavy atom. The predicted molar refractivity (Wildman–Crippen MR) is 63.0 cm³/mol. The van der Waals surface area contributed by atoms with Crippen molar-refractivity contribution < 1.29 is 5.11 Å². The fourth-order valence-electron chi connectivity index (χ4n) is 1.61. The van der Waals surface area contributed by atoms with Crippen LogP contribution in [0.1, 0.15) is 44.1 Å². The third-order valence-electron chi connectivity index (χ3n) is 2.32. The smallest absolute Gasteiger partial charge is 0.0885 e. The summed E-state index contributed by atoms with van der Waals surface area (Å²) in [6.07, 6.45) is 2.86. The molecule has 0 fully saturated rings. The van der Waals surface area contributed by atoms with Gasteiger partial charge >= 0.3 is 0 Å². The summed E-state index contributed by atoms with van der Waals surface area (Å²) >= 11 is 7.34. The molecule has 1 N–H and O–H groups in total. The minimum atomic E-state index is -0.339. The van der Waals surface area contributed by atoms with E-state index in [1.54, 1.807) is 0 Å². The molecule has 80 valence electrons. The van der Waals surface area contributed by atoms with Crippen LogP contribution in [0, 0.1) is 5.92 Å². The first-order valence-electron chi connectivity index (χ1n) is 5.05. The van der Waals surface area contributed by atoms with Crippen molar-refractivity contribution in [2.24, 2.45) is 5.92 Å². The number of rotatable bonds is 5. The molecule has 1 rings (SSSR count). The first-order chi connectivity index (χ1) is 6.63. The zero-order valence-corrected chi connectivity index (χ0v) is 10.2. The summed E-state index contributed by atoms with van der Waals surface area (Å²) in [5.41, 5.74) is 0. The van der Waals surface area contributed by atoms with Crippen LogP contribution >= 0.6 is 22.9 Å². The molecule has 1 heterocycles. The zero-order valence-electron chi connectivity index (χ0n) is 8.66. The van der Waals surface area contributed by atoms with Crippen LogP contribution < -0.4 is 0 Å². The van der Waals surface area contributed by atoms with Gasteiger partial charge in [0.15, 0.2) is 0 Å². The number of hydrogen-bond donors (Lipinski definition) is 1. The first kappa shape index (κ1) is 12.0. The summed E-state index contributed by atoms with van der Waals surface area (Å²) in [5, 5.41) is 12.5. The molecule has 0 spiro atoms. The Kier molecular flexibility index (Phi) is 4.93. The normalized spacial score (nSPS) is 15.4. The minimum absolute atomic E-state index is 0.339. The van der Waals surface area contributed by atoms with Gasteiger partial charge in [0.1, 0.15) is 0 Å². The summed E-state index contributed by atoms with van der Waals surface area (Å²) in [6, 6.07) is 1.86. The molecule has 0 aromatic carbocycles. The van der Waals surface area contributed by atoms with Crippen LogP contribution in [0.5, 0.6) is 0 Å². The van der Waals surface area contributed by atoms with Crippen molar-refractivity contribution >= 4 is 22.9 Å². The van der Waals surface area contributed by atoms with Gasteiger partial charge in [-0.05, 0) is 18.4 Å². The fraction of sp³-hybridized carbons (Fsp3) is 0.636. The second-order valence-electron chi connectivity index (χ2n) is 3.81. The zero-order chi connectivity index (χ0) is 10.6. The lowest BCUT2D eigenvalue weighted by molar-refractivity contribution is 0.148. The fourth-order valence-corrected chi connectivity index (χ4v) is 2.69. The standard InChI is InChI=1S/C11H17ClOS/c1-3-4-8(2)5-10(13)11-6-9(12)7-14-11/h6-8,10,13H,3-5H2,1-2H3. The van der Waals surface area contributed by atoms with Crippen LogP contribution in [0.2, 0.25) is 5.02 Å². The van der Waals surface area contributed by atoms with Gasteiger partial charge in [0.2, 0.25) is 0 Å². The maximum Gasteiger partial charge on any atom is 0.0885 e. The van der Waals surface area contributed by atoms with Gasteiger partial charge in [-0.15, -0.1) is 11.3 Å². The first-order valence-corrected chi connectivity index (χ1v) is 6.31. The largest absolute Gasteiger partial charge is 0.388 e. The summed E-state index contributed by atoms with van der Waals surface area (Å²) in [5.74, 6) is 0.580. The SMILES string of the molecule is CCCC(C)CC(O)c1cc(Cl)cs1.